The molecule has 1 N–H and O–H groups in total. The molecule has 1 unspecified atom stereocenters. The first-order valence-corrected chi connectivity index (χ1v) is 9.24. The number of hydrogen-bond acceptors (Lipinski definition) is 2. The first-order valence-electron chi connectivity index (χ1n) is 9.24. The Kier molecular flexibility index (Phi) is 4.59. The third kappa shape index (κ3) is 3.16. The van der Waals surface area contributed by atoms with E-state index in [2.05, 4.69) is 5.32 Å². The number of amides is 2. The van der Waals surface area contributed by atoms with Gasteiger partial charge in [-0.25, -0.2) is 17.6 Å². The Hall–Kier alpha value is -2.90. The van der Waals surface area contributed by atoms with Crippen molar-refractivity contribution in [2.24, 2.45) is 0 Å². The number of carbonyl (C=O) groups is 2. The molecule has 0 aromatic heterocycles. The fourth-order valence-electron chi connectivity index (χ4n) is 4.30. The van der Waals surface area contributed by atoms with Crippen molar-refractivity contribution in [3.8, 4) is 0 Å². The lowest BCUT2D eigenvalue weighted by atomic mass is 9.84. The highest BCUT2D eigenvalue weighted by Gasteiger charge is 2.54. The summed E-state index contributed by atoms with van der Waals surface area (Å²) in [6.45, 7) is 0. The number of anilines is 1. The number of nitrogens with zero attached hydrogens (tertiary/aromatic N) is 1. The minimum atomic E-state index is -2.84. The van der Waals surface area contributed by atoms with Crippen LogP contribution in [0.15, 0.2) is 42.5 Å². The second-order valence-corrected chi connectivity index (χ2v) is 7.52. The Morgan fingerprint density at radius 1 is 1.14 bits per heavy atom. The molecule has 2 aliphatic carbocycles. The predicted molar refractivity (Wildman–Crippen MR) is 97.5 cm³/mol. The van der Waals surface area contributed by atoms with Crippen LogP contribution in [-0.4, -0.2) is 24.3 Å². The summed E-state index contributed by atoms with van der Waals surface area (Å²) in [6.07, 6.45) is -0.370. The van der Waals surface area contributed by atoms with Gasteiger partial charge in [0, 0.05) is 24.6 Å². The van der Waals surface area contributed by atoms with Crippen molar-refractivity contribution >= 4 is 18.0 Å². The van der Waals surface area contributed by atoms with Crippen molar-refractivity contribution in [2.75, 3.05) is 4.90 Å². The van der Waals surface area contributed by atoms with Crippen LogP contribution in [0.1, 0.15) is 30.4 Å². The molecule has 0 radical (unpaired) electrons. The van der Waals surface area contributed by atoms with E-state index in [4.69, 9.17) is 0 Å². The van der Waals surface area contributed by atoms with Crippen LogP contribution in [0, 0.1) is 11.6 Å². The van der Waals surface area contributed by atoms with Gasteiger partial charge in [-0.05, 0) is 48.2 Å². The van der Waals surface area contributed by atoms with Gasteiger partial charge in [-0.2, -0.15) is 0 Å². The van der Waals surface area contributed by atoms with Crippen molar-refractivity contribution < 1.29 is 27.2 Å². The number of halogens is 4. The fourth-order valence-corrected chi connectivity index (χ4v) is 4.30. The van der Waals surface area contributed by atoms with Crippen LogP contribution < -0.4 is 10.2 Å². The molecule has 1 saturated carbocycles. The van der Waals surface area contributed by atoms with E-state index in [0.29, 0.717) is 6.41 Å². The maximum Gasteiger partial charge on any atom is 0.252 e. The van der Waals surface area contributed by atoms with Crippen molar-refractivity contribution in [2.45, 2.75) is 43.2 Å². The zero-order chi connectivity index (χ0) is 20.8. The van der Waals surface area contributed by atoms with Crippen LogP contribution in [0.5, 0.6) is 0 Å². The van der Waals surface area contributed by atoms with Crippen molar-refractivity contribution in [1.82, 2.24) is 5.32 Å². The first-order chi connectivity index (χ1) is 13.8. The molecular formula is C21H18F4N2O2. The number of hydrogen-bond donors (Lipinski definition) is 1. The first kappa shape index (κ1) is 19.4. The Morgan fingerprint density at radius 2 is 1.86 bits per heavy atom. The van der Waals surface area contributed by atoms with E-state index >= 15 is 0 Å². The van der Waals surface area contributed by atoms with Crippen LogP contribution >= 0.6 is 0 Å². The highest BCUT2D eigenvalue weighted by atomic mass is 19.3. The van der Waals surface area contributed by atoms with Crippen LogP contribution in [-0.2, 0) is 21.5 Å². The van der Waals surface area contributed by atoms with Crippen LogP contribution in [0.3, 0.4) is 0 Å². The van der Waals surface area contributed by atoms with Crippen molar-refractivity contribution in [3.63, 3.8) is 0 Å². The SMILES string of the molecule is O=CN(c1cccc(F)c1)C1(C(=O)NC2CC(F)(F)C2)CCc2c(F)cccc21. The van der Waals surface area contributed by atoms with E-state index in [-0.39, 0.29) is 29.7 Å². The summed E-state index contributed by atoms with van der Waals surface area (Å²) in [5.41, 5.74) is -0.980. The van der Waals surface area contributed by atoms with Crippen LogP contribution in [0.25, 0.3) is 0 Å². The van der Waals surface area contributed by atoms with Crippen LogP contribution in [0.2, 0.25) is 0 Å². The second-order valence-electron chi connectivity index (χ2n) is 7.52. The summed E-state index contributed by atoms with van der Waals surface area (Å²) < 4.78 is 54.6. The van der Waals surface area contributed by atoms with Crippen LogP contribution in [0.4, 0.5) is 23.2 Å². The molecule has 0 spiro atoms. The molecule has 4 nitrogen and oxygen atoms in total. The molecule has 4 rings (SSSR count). The van der Waals surface area contributed by atoms with Gasteiger partial charge < -0.3 is 5.32 Å². The molecule has 0 heterocycles. The number of fused-ring (bicyclic) bond motifs is 1. The fraction of sp³-hybridized carbons (Fsp3) is 0.333. The summed E-state index contributed by atoms with van der Waals surface area (Å²) in [5.74, 6) is -4.64. The average molecular weight is 406 g/mol. The van der Waals surface area contributed by atoms with Gasteiger partial charge in [-0.15, -0.1) is 0 Å². The van der Waals surface area contributed by atoms with Gasteiger partial charge in [0.2, 0.25) is 6.41 Å². The van der Waals surface area contributed by atoms with Crippen molar-refractivity contribution in [3.05, 3.63) is 65.2 Å². The molecule has 1 atom stereocenters. The maximum absolute atomic E-state index is 14.4. The molecule has 0 aliphatic heterocycles. The number of rotatable bonds is 5. The molecule has 8 heteroatoms. The number of benzene rings is 2. The average Bonchev–Trinajstić information content (AvgIpc) is 3.03. The van der Waals surface area contributed by atoms with Gasteiger partial charge in [0.05, 0.1) is 0 Å². The largest absolute Gasteiger partial charge is 0.351 e. The number of carbonyl (C=O) groups excluding carboxylic acids is 2. The van der Waals surface area contributed by atoms with Gasteiger partial charge in [-0.3, -0.25) is 14.5 Å². The Labute approximate surface area is 164 Å². The molecule has 152 valence electrons. The van der Waals surface area contributed by atoms with Crippen molar-refractivity contribution in [1.29, 1.82) is 0 Å². The third-order valence-corrected chi connectivity index (χ3v) is 5.71. The van der Waals surface area contributed by atoms with E-state index in [9.17, 15) is 27.2 Å². The topological polar surface area (TPSA) is 49.4 Å². The molecule has 2 aromatic rings. The Bertz CT molecular complexity index is 973. The minimum Gasteiger partial charge on any atom is -0.351 e. The van der Waals surface area contributed by atoms with Gasteiger partial charge in [0.25, 0.3) is 11.8 Å². The molecule has 2 aliphatic rings. The molecule has 29 heavy (non-hydrogen) atoms. The second kappa shape index (κ2) is 6.86. The van der Waals surface area contributed by atoms with Gasteiger partial charge in [-0.1, -0.05) is 18.2 Å². The van der Waals surface area contributed by atoms with E-state index in [1.54, 1.807) is 0 Å². The number of nitrogens with one attached hydrogen (secondary N) is 1. The Morgan fingerprint density at radius 3 is 2.52 bits per heavy atom. The molecular weight excluding hydrogens is 388 g/mol. The molecule has 1 fully saturated rings. The quantitative estimate of drug-likeness (QED) is 0.608. The third-order valence-electron chi connectivity index (χ3n) is 5.71. The van der Waals surface area contributed by atoms with Gasteiger partial charge in [0.1, 0.15) is 11.6 Å². The lowest BCUT2D eigenvalue weighted by molar-refractivity contribution is -0.135. The van der Waals surface area contributed by atoms with Gasteiger partial charge >= 0.3 is 0 Å². The summed E-state index contributed by atoms with van der Waals surface area (Å²) in [4.78, 5) is 26.5. The van der Waals surface area contributed by atoms with E-state index in [1.165, 1.54) is 36.4 Å². The number of alkyl halides is 2. The molecule has 2 amide bonds. The normalized spacial score (nSPS) is 22.5. The highest BCUT2D eigenvalue weighted by Crippen LogP contribution is 2.45. The smallest absolute Gasteiger partial charge is 0.252 e. The summed E-state index contributed by atoms with van der Waals surface area (Å²) in [6, 6.07) is 8.61. The molecule has 0 bridgehead atoms. The summed E-state index contributed by atoms with van der Waals surface area (Å²) >= 11 is 0. The highest BCUT2D eigenvalue weighted by molar-refractivity contribution is 5.98. The zero-order valence-electron chi connectivity index (χ0n) is 15.3. The lowest BCUT2D eigenvalue weighted by Crippen LogP contribution is -2.60. The Balaban J connectivity index is 1.80. The van der Waals surface area contributed by atoms with E-state index in [0.717, 1.165) is 11.0 Å². The van der Waals surface area contributed by atoms with E-state index < -0.39 is 47.9 Å². The summed E-state index contributed by atoms with van der Waals surface area (Å²) in [7, 11) is 0. The molecule has 0 saturated heterocycles. The van der Waals surface area contributed by atoms with Gasteiger partial charge in [0.15, 0.2) is 5.54 Å². The standard InChI is InChI=1S/C21H18F4N2O2/c22-13-3-1-4-15(9-13)27(12-28)21(19(29)26-14-10-20(24,25)11-14)8-7-16-17(21)5-2-6-18(16)23/h1-6,9,12,14H,7-8,10-11H2,(H,26,29). The molecule has 2 aromatic carbocycles. The zero-order valence-corrected chi connectivity index (χ0v) is 15.3. The summed E-state index contributed by atoms with van der Waals surface area (Å²) in [5, 5.41) is 2.58. The maximum atomic E-state index is 14.4. The lowest BCUT2D eigenvalue weighted by Gasteiger charge is -2.42. The van der Waals surface area contributed by atoms with E-state index in [1.807, 2.05) is 0 Å². The monoisotopic (exact) mass is 406 g/mol. The minimum absolute atomic E-state index is 0.0491. The predicted octanol–water partition coefficient (Wildman–Crippen LogP) is 3.68.